The summed E-state index contributed by atoms with van der Waals surface area (Å²) < 4.78 is 0. The van der Waals surface area contributed by atoms with Crippen LogP contribution >= 0.6 is 0 Å². The molecule has 28 heavy (non-hydrogen) atoms. The number of nitrogens with zero attached hydrogens (tertiary/aromatic N) is 3. The summed E-state index contributed by atoms with van der Waals surface area (Å²) in [6, 6.07) is 20.0. The topological polar surface area (TPSA) is 43.9 Å². The molecule has 0 radical (unpaired) electrons. The molecule has 1 aliphatic heterocycles. The molecule has 0 saturated carbocycles. The fourth-order valence-corrected chi connectivity index (χ4v) is 3.51. The molecular formula is C23H29N3O2. The summed E-state index contributed by atoms with van der Waals surface area (Å²) >= 11 is 0. The van der Waals surface area contributed by atoms with Gasteiger partial charge in [-0.25, -0.2) is 0 Å². The van der Waals surface area contributed by atoms with Crippen LogP contribution in [-0.2, 0) is 16.1 Å². The molecule has 1 saturated heterocycles. The highest BCUT2D eigenvalue weighted by Gasteiger charge is 2.21. The first kappa shape index (κ1) is 20.1. The Labute approximate surface area is 167 Å². The Hall–Kier alpha value is -2.66. The molecule has 2 aromatic carbocycles. The van der Waals surface area contributed by atoms with Gasteiger partial charge in [-0.3, -0.25) is 14.5 Å². The molecule has 1 aliphatic rings. The lowest BCUT2D eigenvalue weighted by Gasteiger charge is -2.34. The summed E-state index contributed by atoms with van der Waals surface area (Å²) in [6.45, 7) is 4.27. The number of rotatable bonds is 7. The van der Waals surface area contributed by atoms with Gasteiger partial charge in [0, 0.05) is 58.3 Å². The molecule has 148 valence electrons. The average molecular weight is 380 g/mol. The number of hydrogen-bond donors (Lipinski definition) is 0. The van der Waals surface area contributed by atoms with E-state index in [0.29, 0.717) is 19.3 Å². The first-order chi connectivity index (χ1) is 13.6. The van der Waals surface area contributed by atoms with Crippen molar-refractivity contribution >= 4 is 17.5 Å². The molecule has 1 fully saturated rings. The highest BCUT2D eigenvalue weighted by atomic mass is 16.2. The number of benzene rings is 2. The maximum Gasteiger partial charge on any atom is 0.226 e. The van der Waals surface area contributed by atoms with Gasteiger partial charge in [-0.15, -0.1) is 0 Å². The molecule has 0 bridgehead atoms. The van der Waals surface area contributed by atoms with Crippen molar-refractivity contribution in [2.75, 3.05) is 38.1 Å². The van der Waals surface area contributed by atoms with Crippen molar-refractivity contribution in [3.05, 3.63) is 66.2 Å². The van der Waals surface area contributed by atoms with Gasteiger partial charge >= 0.3 is 0 Å². The van der Waals surface area contributed by atoms with Gasteiger partial charge in [0.05, 0.1) is 0 Å². The molecule has 3 rings (SSSR count). The summed E-state index contributed by atoms with van der Waals surface area (Å²) in [6.07, 6.45) is 1.43. The van der Waals surface area contributed by atoms with E-state index in [1.807, 2.05) is 41.3 Å². The first-order valence-corrected chi connectivity index (χ1v) is 9.99. The van der Waals surface area contributed by atoms with Crippen molar-refractivity contribution in [3.63, 3.8) is 0 Å². The third kappa shape index (κ3) is 5.67. The Balaban J connectivity index is 1.36. The Morgan fingerprint density at radius 2 is 1.46 bits per heavy atom. The van der Waals surface area contributed by atoms with Crippen LogP contribution in [0.15, 0.2) is 60.7 Å². The van der Waals surface area contributed by atoms with Crippen molar-refractivity contribution < 1.29 is 9.59 Å². The number of para-hydroxylation sites is 1. The number of hydrogen-bond acceptors (Lipinski definition) is 3. The van der Waals surface area contributed by atoms with Gasteiger partial charge in [-0.05, 0) is 24.1 Å². The molecule has 0 atom stereocenters. The fraction of sp³-hybridized carbons (Fsp3) is 0.391. The molecule has 0 aliphatic carbocycles. The van der Waals surface area contributed by atoms with E-state index in [1.165, 1.54) is 5.56 Å². The van der Waals surface area contributed by atoms with Crippen LogP contribution < -0.4 is 4.90 Å². The smallest absolute Gasteiger partial charge is 0.226 e. The zero-order valence-corrected chi connectivity index (χ0v) is 16.6. The second-order valence-electron chi connectivity index (χ2n) is 7.28. The minimum Gasteiger partial charge on any atom is -0.340 e. The SMILES string of the molecule is CN(C(=O)CCCC(=O)N1CCN(Cc2ccccc2)CC1)c1ccccc1. The van der Waals surface area contributed by atoms with Crippen LogP contribution in [0, 0.1) is 0 Å². The quantitative estimate of drug-likeness (QED) is 0.742. The van der Waals surface area contributed by atoms with Crippen molar-refractivity contribution in [1.29, 1.82) is 0 Å². The molecule has 2 aromatic rings. The van der Waals surface area contributed by atoms with E-state index in [2.05, 4.69) is 29.2 Å². The number of amides is 2. The normalized spacial score (nSPS) is 14.7. The van der Waals surface area contributed by atoms with Crippen molar-refractivity contribution in [2.45, 2.75) is 25.8 Å². The third-order valence-corrected chi connectivity index (χ3v) is 5.27. The maximum absolute atomic E-state index is 12.5. The lowest BCUT2D eigenvalue weighted by Crippen LogP contribution is -2.48. The van der Waals surface area contributed by atoms with Crippen LogP contribution in [0.4, 0.5) is 5.69 Å². The van der Waals surface area contributed by atoms with Gasteiger partial charge in [0.1, 0.15) is 0 Å². The van der Waals surface area contributed by atoms with Crippen LogP contribution in [0.5, 0.6) is 0 Å². The number of carbonyl (C=O) groups excluding carboxylic acids is 2. The van der Waals surface area contributed by atoms with Crippen molar-refractivity contribution in [3.8, 4) is 0 Å². The average Bonchev–Trinajstić information content (AvgIpc) is 2.75. The van der Waals surface area contributed by atoms with Crippen molar-refractivity contribution in [2.24, 2.45) is 0 Å². The summed E-state index contributed by atoms with van der Waals surface area (Å²) in [5.41, 5.74) is 2.19. The van der Waals surface area contributed by atoms with E-state index in [9.17, 15) is 9.59 Å². The molecule has 0 aromatic heterocycles. The van der Waals surface area contributed by atoms with Crippen LogP contribution in [0.1, 0.15) is 24.8 Å². The largest absolute Gasteiger partial charge is 0.340 e. The van der Waals surface area contributed by atoms with Crippen LogP contribution in [0.3, 0.4) is 0 Å². The zero-order chi connectivity index (χ0) is 19.8. The molecular weight excluding hydrogens is 350 g/mol. The predicted molar refractivity (Wildman–Crippen MR) is 112 cm³/mol. The fourth-order valence-electron chi connectivity index (χ4n) is 3.51. The van der Waals surface area contributed by atoms with Gasteiger partial charge in [0.15, 0.2) is 0 Å². The molecule has 5 nitrogen and oxygen atoms in total. The zero-order valence-electron chi connectivity index (χ0n) is 16.6. The first-order valence-electron chi connectivity index (χ1n) is 9.99. The molecule has 0 spiro atoms. The van der Waals surface area contributed by atoms with Crippen LogP contribution in [0.25, 0.3) is 0 Å². The monoisotopic (exact) mass is 379 g/mol. The van der Waals surface area contributed by atoms with Crippen LogP contribution in [-0.4, -0.2) is 54.8 Å². The van der Waals surface area contributed by atoms with E-state index in [4.69, 9.17) is 0 Å². The van der Waals surface area contributed by atoms with Gasteiger partial charge < -0.3 is 9.80 Å². The minimum absolute atomic E-state index is 0.0479. The second-order valence-corrected chi connectivity index (χ2v) is 7.28. The second kappa shape index (κ2) is 10.0. The lowest BCUT2D eigenvalue weighted by molar-refractivity contribution is -0.133. The number of anilines is 1. The summed E-state index contributed by atoms with van der Waals surface area (Å²) in [7, 11) is 1.78. The van der Waals surface area contributed by atoms with E-state index in [0.717, 1.165) is 38.4 Å². The van der Waals surface area contributed by atoms with Gasteiger partial charge in [0.2, 0.25) is 11.8 Å². The van der Waals surface area contributed by atoms with Gasteiger partial charge in [-0.1, -0.05) is 48.5 Å². The Bertz CT molecular complexity index is 756. The summed E-state index contributed by atoms with van der Waals surface area (Å²) in [5.74, 6) is 0.209. The lowest BCUT2D eigenvalue weighted by atomic mass is 10.1. The number of carbonyl (C=O) groups is 2. The standard InChI is InChI=1S/C23H29N3O2/c1-24(21-11-6-3-7-12-21)22(27)13-8-14-23(28)26-17-15-25(16-18-26)19-20-9-4-2-5-10-20/h2-7,9-12H,8,13-19H2,1H3. The predicted octanol–water partition coefficient (Wildman–Crippen LogP) is 3.16. The highest BCUT2D eigenvalue weighted by molar-refractivity contribution is 5.93. The van der Waals surface area contributed by atoms with Gasteiger partial charge in [-0.2, -0.15) is 0 Å². The van der Waals surface area contributed by atoms with E-state index >= 15 is 0 Å². The Morgan fingerprint density at radius 1 is 0.857 bits per heavy atom. The Morgan fingerprint density at radius 3 is 2.11 bits per heavy atom. The third-order valence-electron chi connectivity index (χ3n) is 5.27. The summed E-state index contributed by atoms with van der Waals surface area (Å²) in [4.78, 5) is 30.8. The maximum atomic E-state index is 12.5. The molecule has 0 N–H and O–H groups in total. The van der Waals surface area contributed by atoms with Crippen LogP contribution in [0.2, 0.25) is 0 Å². The Kier molecular flexibility index (Phi) is 7.20. The highest BCUT2D eigenvalue weighted by Crippen LogP contribution is 2.14. The molecule has 5 heteroatoms. The number of piperazine rings is 1. The summed E-state index contributed by atoms with van der Waals surface area (Å²) in [5, 5.41) is 0. The van der Waals surface area contributed by atoms with E-state index in [1.54, 1.807) is 11.9 Å². The molecule has 2 amide bonds. The minimum atomic E-state index is 0.0479. The van der Waals surface area contributed by atoms with E-state index < -0.39 is 0 Å². The molecule has 0 unspecified atom stereocenters. The van der Waals surface area contributed by atoms with Crippen molar-refractivity contribution in [1.82, 2.24) is 9.80 Å². The molecule has 1 heterocycles. The van der Waals surface area contributed by atoms with Gasteiger partial charge in [0.25, 0.3) is 0 Å². The van der Waals surface area contributed by atoms with E-state index in [-0.39, 0.29) is 11.8 Å².